The Morgan fingerprint density at radius 2 is 1.03 bits per heavy atom. The molecule has 2 aromatic rings. The molecule has 2 unspecified atom stereocenters. The second-order valence-electron chi connectivity index (χ2n) is 7.44. The van der Waals surface area contributed by atoms with Gasteiger partial charge in [0, 0.05) is 46.8 Å². The van der Waals surface area contributed by atoms with E-state index in [2.05, 4.69) is 11.7 Å². The third-order valence-electron chi connectivity index (χ3n) is 5.08. The Balaban J connectivity index is 0.00000316. The maximum atomic E-state index is 12.6. The summed E-state index contributed by atoms with van der Waals surface area (Å²) in [5.74, 6) is 5.68. The van der Waals surface area contributed by atoms with E-state index in [0.29, 0.717) is 22.5 Å². The fourth-order valence-corrected chi connectivity index (χ4v) is 5.78. The normalized spacial score (nSPS) is 11.9. The highest BCUT2D eigenvalue weighted by Gasteiger charge is 2.27. The van der Waals surface area contributed by atoms with Crippen LogP contribution in [0.1, 0.15) is 33.6 Å². The van der Waals surface area contributed by atoms with Gasteiger partial charge in [0.1, 0.15) is 0 Å². The third kappa shape index (κ3) is 9.53. The first-order chi connectivity index (χ1) is 17.3. The van der Waals surface area contributed by atoms with Crippen LogP contribution >= 0.6 is 21.6 Å². The number of nitrogen functional groups attached to an aromatic ring is 2. The number of anilines is 2. The lowest BCUT2D eigenvalue weighted by molar-refractivity contribution is -0.145. The van der Waals surface area contributed by atoms with E-state index in [0.717, 1.165) is 0 Å². The Morgan fingerprint density at radius 3 is 1.33 bits per heavy atom. The van der Waals surface area contributed by atoms with E-state index in [4.69, 9.17) is 20.9 Å². The predicted molar refractivity (Wildman–Crippen MR) is 144 cm³/mol. The second kappa shape index (κ2) is 16.6. The zero-order chi connectivity index (χ0) is 27.1. The molecule has 0 fully saturated rings. The topological polar surface area (TPSA) is 191 Å². The van der Waals surface area contributed by atoms with Gasteiger partial charge in [0.15, 0.2) is 11.6 Å². The number of nitrogens with two attached hydrogens (primary N) is 4. The molecule has 0 amide bonds. The zero-order valence-corrected chi connectivity index (χ0v) is 21.8. The number of rotatable bonds is 13. The summed E-state index contributed by atoms with van der Waals surface area (Å²) in [5.41, 5.74) is 13.2. The smallest absolute Gasteiger partial charge is 0.309 e. The van der Waals surface area contributed by atoms with Crippen LogP contribution in [0.15, 0.2) is 48.5 Å². The van der Waals surface area contributed by atoms with E-state index in [1.165, 1.54) is 35.8 Å². The molecule has 2 rings (SSSR count). The number of Topliss-reactive ketones (excluding diaryl/α,β-unsaturated/α-hetero) is 2. The van der Waals surface area contributed by atoms with Crippen molar-refractivity contribution in [2.24, 2.45) is 23.5 Å². The van der Waals surface area contributed by atoms with Crippen LogP contribution in [0.2, 0.25) is 0 Å². The number of hydrogen-bond acceptors (Lipinski definition) is 12. The van der Waals surface area contributed by atoms with Gasteiger partial charge in [0.2, 0.25) is 0 Å². The number of hydrogen-bond donors (Lipinski definition) is 4. The largest absolute Gasteiger partial charge is 0.469 e. The van der Waals surface area contributed by atoms with Crippen molar-refractivity contribution < 1.29 is 28.7 Å². The number of ether oxygens (including phenoxy) is 2. The summed E-state index contributed by atoms with van der Waals surface area (Å²) in [5, 5.41) is 0. The maximum absolute atomic E-state index is 12.6. The monoisotopic (exact) mass is 536 g/mol. The minimum atomic E-state index is -0.683. The zero-order valence-electron chi connectivity index (χ0n) is 20.2. The van der Waals surface area contributed by atoms with Crippen molar-refractivity contribution in [2.75, 3.05) is 37.2 Å². The van der Waals surface area contributed by atoms with Crippen molar-refractivity contribution in [2.45, 2.75) is 12.8 Å². The quantitative estimate of drug-likeness (QED) is 0.0557. The molecule has 36 heavy (non-hydrogen) atoms. The van der Waals surface area contributed by atoms with Crippen molar-refractivity contribution in [1.29, 1.82) is 0 Å². The van der Waals surface area contributed by atoms with Gasteiger partial charge in [-0.05, 0) is 24.3 Å². The number of carbonyl (C=O) groups is 4. The summed E-state index contributed by atoms with van der Waals surface area (Å²) < 4.78 is 9.70. The van der Waals surface area contributed by atoms with Gasteiger partial charge in [0.25, 0.3) is 0 Å². The maximum Gasteiger partial charge on any atom is 0.309 e. The van der Waals surface area contributed by atoms with Crippen LogP contribution in [0.3, 0.4) is 0 Å². The summed E-state index contributed by atoms with van der Waals surface area (Å²) in [7, 11) is 5.17. The molecular weight excluding hydrogens is 504 g/mol. The number of esters is 2. The standard InChI is InChI=1S/C24H28N2O6S2.H4N2/c1-31-23(29)15(11-21(27)17-7-3-5-9-19(17)25)13-33-34-14-16(24(30)32-2)12-22(28)18-8-4-6-10-20(18)26;1-2/h3-10,15-16H,11-14,25-26H2,1-2H3;1-2H2. The Morgan fingerprint density at radius 1 is 0.694 bits per heavy atom. The first-order valence-electron chi connectivity index (χ1n) is 10.8. The summed E-state index contributed by atoms with van der Waals surface area (Å²) in [6.07, 6.45) is -0.110. The average molecular weight is 537 g/mol. The third-order valence-corrected chi connectivity index (χ3v) is 7.64. The molecule has 0 heterocycles. The second-order valence-corrected chi connectivity index (χ2v) is 9.99. The average Bonchev–Trinajstić information content (AvgIpc) is 2.90. The Labute approximate surface area is 218 Å². The van der Waals surface area contributed by atoms with E-state index in [9.17, 15) is 19.2 Å². The molecule has 2 atom stereocenters. The van der Waals surface area contributed by atoms with Gasteiger partial charge in [0.05, 0.1) is 26.1 Å². The van der Waals surface area contributed by atoms with Crippen molar-refractivity contribution in [3.8, 4) is 0 Å². The highest BCUT2D eigenvalue weighted by atomic mass is 33.1. The molecule has 0 saturated heterocycles. The van der Waals surface area contributed by atoms with Crippen molar-refractivity contribution in [1.82, 2.24) is 0 Å². The molecule has 10 nitrogen and oxygen atoms in total. The Bertz CT molecular complexity index is 956. The molecule has 2 aromatic carbocycles. The van der Waals surface area contributed by atoms with E-state index >= 15 is 0 Å². The van der Waals surface area contributed by atoms with Gasteiger partial charge in [-0.25, -0.2) is 0 Å². The van der Waals surface area contributed by atoms with Crippen molar-refractivity contribution >= 4 is 56.5 Å². The molecule has 196 valence electrons. The molecule has 0 saturated carbocycles. The van der Waals surface area contributed by atoms with E-state index in [1.807, 2.05) is 0 Å². The fraction of sp³-hybridized carbons (Fsp3) is 0.333. The Kier molecular flexibility index (Phi) is 14.3. The van der Waals surface area contributed by atoms with Crippen LogP contribution < -0.4 is 23.2 Å². The first kappa shape index (κ1) is 31.0. The molecular formula is C24H32N4O6S2. The molecule has 0 aromatic heterocycles. The number of para-hydroxylation sites is 2. The summed E-state index contributed by atoms with van der Waals surface area (Å²) in [4.78, 5) is 49.7. The summed E-state index contributed by atoms with van der Waals surface area (Å²) in [6.45, 7) is 0. The first-order valence-corrected chi connectivity index (χ1v) is 13.3. The summed E-state index contributed by atoms with van der Waals surface area (Å²) in [6, 6.07) is 13.4. The minimum absolute atomic E-state index is 0.0549. The van der Waals surface area contributed by atoms with Gasteiger partial charge in [-0.2, -0.15) is 0 Å². The fourth-order valence-electron chi connectivity index (χ4n) is 3.18. The molecule has 0 spiro atoms. The van der Waals surface area contributed by atoms with Crippen LogP contribution in [0.25, 0.3) is 0 Å². The molecule has 0 aliphatic rings. The predicted octanol–water partition coefficient (Wildman–Crippen LogP) is 2.48. The lowest BCUT2D eigenvalue weighted by atomic mass is 9.98. The highest BCUT2D eigenvalue weighted by molar-refractivity contribution is 8.76. The molecule has 12 heteroatoms. The van der Waals surface area contributed by atoms with Gasteiger partial charge in [-0.15, -0.1) is 0 Å². The summed E-state index contributed by atoms with van der Waals surface area (Å²) >= 11 is 0. The number of hydrazine groups is 1. The lowest BCUT2D eigenvalue weighted by Crippen LogP contribution is -2.23. The lowest BCUT2D eigenvalue weighted by Gasteiger charge is -2.16. The molecule has 0 aliphatic heterocycles. The van der Waals surface area contributed by atoms with E-state index in [1.54, 1.807) is 48.5 Å². The molecule has 8 N–H and O–H groups in total. The SMILES string of the molecule is COC(=O)C(CSSCC(CC(=O)c1ccccc1N)C(=O)OC)CC(=O)c1ccccc1N.NN. The number of carbonyl (C=O) groups excluding carboxylic acids is 4. The van der Waals surface area contributed by atoms with Crippen molar-refractivity contribution in [3.05, 3.63) is 59.7 Å². The van der Waals surface area contributed by atoms with Crippen LogP contribution in [-0.2, 0) is 19.1 Å². The number of methoxy groups -OCH3 is 2. The molecule has 0 aliphatic carbocycles. The van der Waals surface area contributed by atoms with Crippen LogP contribution in [0, 0.1) is 11.8 Å². The molecule has 0 radical (unpaired) electrons. The van der Waals surface area contributed by atoms with Crippen molar-refractivity contribution in [3.63, 3.8) is 0 Å². The minimum Gasteiger partial charge on any atom is -0.469 e. The molecule has 0 bridgehead atoms. The van der Waals surface area contributed by atoms with E-state index in [-0.39, 0.29) is 35.9 Å². The van der Waals surface area contributed by atoms with Crippen LogP contribution in [-0.4, -0.2) is 49.2 Å². The highest BCUT2D eigenvalue weighted by Crippen LogP contribution is 2.31. The van der Waals surface area contributed by atoms with E-state index < -0.39 is 23.8 Å². The van der Waals surface area contributed by atoms with Crippen LogP contribution in [0.4, 0.5) is 11.4 Å². The number of benzene rings is 2. The number of ketones is 2. The van der Waals surface area contributed by atoms with Gasteiger partial charge >= 0.3 is 11.9 Å². The Hall–Kier alpha value is -3.06. The van der Waals surface area contributed by atoms with Gasteiger partial charge < -0.3 is 20.9 Å². The van der Waals surface area contributed by atoms with Gasteiger partial charge in [-0.3, -0.25) is 30.9 Å². The van der Waals surface area contributed by atoms with Crippen LogP contribution in [0.5, 0.6) is 0 Å². The van der Waals surface area contributed by atoms with Gasteiger partial charge in [-0.1, -0.05) is 45.9 Å².